The Morgan fingerprint density at radius 1 is 1.32 bits per heavy atom. The lowest BCUT2D eigenvalue weighted by Crippen LogP contribution is -2.38. The van der Waals surface area contributed by atoms with E-state index in [0.717, 1.165) is 37.0 Å². The van der Waals surface area contributed by atoms with Crippen molar-refractivity contribution in [2.75, 3.05) is 7.05 Å². The molecule has 0 spiro atoms. The molecule has 3 nitrogen and oxygen atoms in total. The third-order valence-electron chi connectivity index (χ3n) is 4.27. The zero-order chi connectivity index (χ0) is 16.3. The Balaban J connectivity index is 2.17. The second-order valence-corrected chi connectivity index (χ2v) is 5.56. The molecule has 0 unspecified atom stereocenters. The standard InChI is InChI=1S/C16H17F3N2O/c1-21(15(22)9-10-20)14-4-2-3-13(14)11-5-7-12(8-6-11)16(17,18)19/h5-8,13-14H,2-4,9H2,1H3/t13-,14-/m0/s1. The van der Waals surface area contributed by atoms with Gasteiger partial charge in [-0.25, -0.2) is 0 Å². The zero-order valence-corrected chi connectivity index (χ0v) is 12.2. The SMILES string of the molecule is CN(C(=O)CC#N)[C@H]1CCC[C@H]1c1ccc(C(F)(F)F)cc1. The molecule has 1 amide bonds. The van der Waals surface area contributed by atoms with Gasteiger partial charge in [-0.05, 0) is 30.5 Å². The molecular formula is C16H17F3N2O. The fraction of sp³-hybridized carbons (Fsp3) is 0.500. The van der Waals surface area contributed by atoms with Crippen LogP contribution in [-0.4, -0.2) is 23.9 Å². The van der Waals surface area contributed by atoms with Crippen molar-refractivity contribution in [3.05, 3.63) is 35.4 Å². The topological polar surface area (TPSA) is 44.1 Å². The molecule has 0 heterocycles. The van der Waals surface area contributed by atoms with Crippen LogP contribution >= 0.6 is 0 Å². The smallest absolute Gasteiger partial charge is 0.341 e. The van der Waals surface area contributed by atoms with Gasteiger partial charge in [-0.3, -0.25) is 4.79 Å². The lowest BCUT2D eigenvalue weighted by Gasteiger charge is -2.29. The van der Waals surface area contributed by atoms with Crippen LogP contribution < -0.4 is 0 Å². The quantitative estimate of drug-likeness (QED) is 0.854. The molecule has 1 aromatic rings. The van der Waals surface area contributed by atoms with Gasteiger partial charge in [0, 0.05) is 19.0 Å². The first-order valence-electron chi connectivity index (χ1n) is 7.14. The van der Waals surface area contributed by atoms with Crippen LogP contribution in [0.1, 0.15) is 42.7 Å². The summed E-state index contributed by atoms with van der Waals surface area (Å²) in [7, 11) is 1.66. The Morgan fingerprint density at radius 2 is 1.95 bits per heavy atom. The van der Waals surface area contributed by atoms with E-state index in [0.29, 0.717) is 0 Å². The van der Waals surface area contributed by atoms with E-state index in [1.54, 1.807) is 11.9 Å². The molecule has 0 aromatic heterocycles. The molecular weight excluding hydrogens is 293 g/mol. The largest absolute Gasteiger partial charge is 0.416 e. The molecule has 6 heteroatoms. The summed E-state index contributed by atoms with van der Waals surface area (Å²) in [5, 5.41) is 8.61. The van der Waals surface area contributed by atoms with Gasteiger partial charge < -0.3 is 4.90 Å². The number of alkyl halides is 3. The van der Waals surface area contributed by atoms with Gasteiger partial charge in [-0.2, -0.15) is 18.4 Å². The highest BCUT2D eigenvalue weighted by atomic mass is 19.4. The molecule has 1 aliphatic rings. The monoisotopic (exact) mass is 310 g/mol. The summed E-state index contributed by atoms with van der Waals surface area (Å²) in [6.45, 7) is 0. The lowest BCUT2D eigenvalue weighted by molar-refractivity contribution is -0.137. The molecule has 1 aromatic carbocycles. The summed E-state index contributed by atoms with van der Waals surface area (Å²) in [5.41, 5.74) is 0.145. The molecule has 118 valence electrons. The molecule has 0 N–H and O–H groups in total. The van der Waals surface area contributed by atoms with Crippen LogP contribution in [0.5, 0.6) is 0 Å². The van der Waals surface area contributed by atoms with E-state index in [2.05, 4.69) is 0 Å². The summed E-state index contributed by atoms with van der Waals surface area (Å²) in [6, 6.07) is 6.94. The van der Waals surface area contributed by atoms with E-state index in [1.807, 2.05) is 6.07 Å². The van der Waals surface area contributed by atoms with Gasteiger partial charge in [0.15, 0.2) is 0 Å². The van der Waals surface area contributed by atoms with Crippen molar-refractivity contribution in [1.29, 1.82) is 5.26 Å². The van der Waals surface area contributed by atoms with E-state index in [4.69, 9.17) is 5.26 Å². The Bertz CT molecular complexity index is 575. The molecule has 22 heavy (non-hydrogen) atoms. The predicted molar refractivity (Wildman–Crippen MR) is 74.8 cm³/mol. The van der Waals surface area contributed by atoms with Crippen molar-refractivity contribution >= 4 is 5.91 Å². The number of nitriles is 1. The molecule has 0 bridgehead atoms. The van der Waals surface area contributed by atoms with E-state index >= 15 is 0 Å². The number of nitrogens with zero attached hydrogens (tertiary/aromatic N) is 2. The second-order valence-electron chi connectivity index (χ2n) is 5.56. The molecule has 1 saturated carbocycles. The van der Waals surface area contributed by atoms with Crippen LogP contribution in [0.25, 0.3) is 0 Å². The molecule has 2 rings (SSSR count). The maximum atomic E-state index is 12.6. The predicted octanol–water partition coefficient (Wildman–Crippen LogP) is 3.71. The number of hydrogen-bond acceptors (Lipinski definition) is 2. The van der Waals surface area contributed by atoms with Crippen LogP contribution in [0, 0.1) is 11.3 Å². The number of carbonyl (C=O) groups excluding carboxylic acids is 1. The molecule has 0 radical (unpaired) electrons. The molecule has 0 saturated heterocycles. The van der Waals surface area contributed by atoms with E-state index in [1.165, 1.54) is 12.1 Å². The van der Waals surface area contributed by atoms with Gasteiger partial charge in [0.05, 0.1) is 11.6 Å². The van der Waals surface area contributed by atoms with E-state index in [9.17, 15) is 18.0 Å². The highest BCUT2D eigenvalue weighted by molar-refractivity contribution is 5.78. The van der Waals surface area contributed by atoms with Crippen LogP contribution in [-0.2, 0) is 11.0 Å². The molecule has 1 aliphatic carbocycles. The highest BCUT2D eigenvalue weighted by Gasteiger charge is 2.35. The average Bonchev–Trinajstić information content (AvgIpc) is 2.95. The second kappa shape index (κ2) is 6.39. The number of benzene rings is 1. The number of likely N-dealkylation sites (N-methyl/N-ethyl adjacent to an activating group) is 1. The zero-order valence-electron chi connectivity index (χ0n) is 12.2. The Kier molecular flexibility index (Phi) is 4.74. The third-order valence-corrected chi connectivity index (χ3v) is 4.27. The van der Waals surface area contributed by atoms with E-state index in [-0.39, 0.29) is 24.3 Å². The Labute approximate surface area is 127 Å². The molecule has 0 aliphatic heterocycles. The average molecular weight is 310 g/mol. The van der Waals surface area contributed by atoms with Crippen molar-refractivity contribution in [2.45, 2.75) is 43.8 Å². The minimum absolute atomic E-state index is 0.0231. The van der Waals surface area contributed by atoms with Gasteiger partial charge in [0.25, 0.3) is 0 Å². The first-order valence-corrected chi connectivity index (χ1v) is 7.14. The van der Waals surface area contributed by atoms with Gasteiger partial charge >= 0.3 is 6.18 Å². The number of rotatable bonds is 3. The Morgan fingerprint density at radius 3 is 2.50 bits per heavy atom. The summed E-state index contributed by atoms with van der Waals surface area (Å²) >= 11 is 0. The van der Waals surface area contributed by atoms with Gasteiger partial charge in [0.2, 0.25) is 5.91 Å². The fourth-order valence-corrected chi connectivity index (χ4v) is 3.09. The number of amides is 1. The fourth-order valence-electron chi connectivity index (χ4n) is 3.09. The summed E-state index contributed by atoms with van der Waals surface area (Å²) < 4.78 is 37.8. The van der Waals surface area contributed by atoms with Crippen molar-refractivity contribution in [3.8, 4) is 6.07 Å². The van der Waals surface area contributed by atoms with E-state index < -0.39 is 11.7 Å². The summed E-state index contributed by atoms with van der Waals surface area (Å²) in [6.07, 6.45) is -1.96. The minimum atomic E-state index is -4.34. The number of halogens is 3. The van der Waals surface area contributed by atoms with Gasteiger partial charge in [-0.15, -0.1) is 0 Å². The molecule has 2 atom stereocenters. The minimum Gasteiger partial charge on any atom is -0.341 e. The van der Waals surface area contributed by atoms with Gasteiger partial charge in [-0.1, -0.05) is 18.6 Å². The highest BCUT2D eigenvalue weighted by Crippen LogP contribution is 2.38. The summed E-state index contributed by atoms with van der Waals surface area (Å²) in [4.78, 5) is 13.4. The van der Waals surface area contributed by atoms with Crippen molar-refractivity contribution in [3.63, 3.8) is 0 Å². The number of carbonyl (C=O) groups is 1. The summed E-state index contributed by atoms with van der Waals surface area (Å²) in [5.74, 6) is -0.221. The Hall–Kier alpha value is -2.03. The van der Waals surface area contributed by atoms with Crippen LogP contribution in [0.2, 0.25) is 0 Å². The first kappa shape index (κ1) is 16.3. The molecule has 1 fully saturated rings. The maximum absolute atomic E-state index is 12.6. The van der Waals surface area contributed by atoms with Crippen molar-refractivity contribution < 1.29 is 18.0 Å². The van der Waals surface area contributed by atoms with Crippen LogP contribution in [0.15, 0.2) is 24.3 Å². The number of hydrogen-bond donors (Lipinski definition) is 0. The first-order chi connectivity index (χ1) is 10.3. The third kappa shape index (κ3) is 3.41. The lowest BCUT2D eigenvalue weighted by atomic mass is 9.92. The van der Waals surface area contributed by atoms with Crippen molar-refractivity contribution in [1.82, 2.24) is 4.90 Å². The van der Waals surface area contributed by atoms with Crippen LogP contribution in [0.3, 0.4) is 0 Å². The maximum Gasteiger partial charge on any atom is 0.416 e. The van der Waals surface area contributed by atoms with Gasteiger partial charge in [0.1, 0.15) is 6.42 Å². The van der Waals surface area contributed by atoms with Crippen molar-refractivity contribution in [2.24, 2.45) is 0 Å². The van der Waals surface area contributed by atoms with Crippen LogP contribution in [0.4, 0.5) is 13.2 Å². The normalized spacial score (nSPS) is 21.4.